The lowest BCUT2D eigenvalue weighted by molar-refractivity contribution is -0.116. The summed E-state index contributed by atoms with van der Waals surface area (Å²) in [6.07, 6.45) is 0.590. The van der Waals surface area contributed by atoms with Gasteiger partial charge in [-0.3, -0.25) is 4.79 Å². The number of amides is 1. The molecule has 4 nitrogen and oxygen atoms in total. The molecule has 128 valence electrons. The lowest BCUT2D eigenvalue weighted by Crippen LogP contribution is -2.17. The van der Waals surface area contributed by atoms with Crippen molar-refractivity contribution in [3.8, 4) is 0 Å². The van der Waals surface area contributed by atoms with Gasteiger partial charge in [0.2, 0.25) is 5.91 Å². The van der Waals surface area contributed by atoms with Gasteiger partial charge in [0.1, 0.15) is 5.58 Å². The number of anilines is 1. The molecule has 0 bridgehead atoms. The zero-order chi connectivity index (χ0) is 18.0. The van der Waals surface area contributed by atoms with Crippen molar-refractivity contribution in [2.45, 2.75) is 33.6 Å². The molecule has 1 aromatic heterocycles. The number of carbonyl (C=O) groups is 1. The molecule has 0 fully saturated rings. The maximum Gasteiger partial charge on any atom is 0.339 e. The Morgan fingerprint density at radius 1 is 1.08 bits per heavy atom. The lowest BCUT2D eigenvalue weighted by atomic mass is 10.0. The van der Waals surface area contributed by atoms with Crippen LogP contribution in [0.2, 0.25) is 0 Å². The van der Waals surface area contributed by atoms with Crippen LogP contribution in [0, 0.1) is 20.8 Å². The van der Waals surface area contributed by atoms with Crippen molar-refractivity contribution in [2.24, 2.45) is 0 Å². The lowest BCUT2D eigenvalue weighted by Gasteiger charge is -2.10. The molecule has 0 aliphatic rings. The quantitative estimate of drug-likeness (QED) is 0.724. The van der Waals surface area contributed by atoms with Crippen LogP contribution in [-0.2, 0) is 11.2 Å². The highest BCUT2D eigenvalue weighted by Crippen LogP contribution is 2.21. The fourth-order valence-electron chi connectivity index (χ4n) is 2.95. The van der Waals surface area contributed by atoms with Crippen LogP contribution in [0.15, 0.2) is 51.7 Å². The van der Waals surface area contributed by atoms with Crippen LogP contribution in [0.25, 0.3) is 11.0 Å². The maximum atomic E-state index is 12.3. The van der Waals surface area contributed by atoms with Crippen molar-refractivity contribution in [3.63, 3.8) is 0 Å². The van der Waals surface area contributed by atoms with Gasteiger partial charge in [0.05, 0.1) is 0 Å². The first kappa shape index (κ1) is 17.0. The normalized spacial score (nSPS) is 10.8. The molecule has 0 unspecified atom stereocenters. The molecule has 0 radical (unpaired) electrons. The first-order valence-corrected chi connectivity index (χ1v) is 8.34. The van der Waals surface area contributed by atoms with E-state index in [-0.39, 0.29) is 18.0 Å². The highest BCUT2D eigenvalue weighted by atomic mass is 16.4. The Kier molecular flexibility index (Phi) is 4.70. The molecule has 1 heterocycles. The highest BCUT2D eigenvalue weighted by Gasteiger charge is 2.13. The van der Waals surface area contributed by atoms with Gasteiger partial charge in [0.25, 0.3) is 0 Å². The van der Waals surface area contributed by atoms with Crippen LogP contribution in [0.3, 0.4) is 0 Å². The summed E-state index contributed by atoms with van der Waals surface area (Å²) in [5, 5.41) is 3.81. The molecule has 1 amide bonds. The minimum Gasteiger partial charge on any atom is -0.423 e. The third-order valence-electron chi connectivity index (χ3n) is 4.46. The van der Waals surface area contributed by atoms with Crippen molar-refractivity contribution in [1.29, 1.82) is 0 Å². The molecule has 3 aromatic rings. The van der Waals surface area contributed by atoms with Gasteiger partial charge in [-0.25, -0.2) is 4.79 Å². The van der Waals surface area contributed by atoms with Crippen LogP contribution in [0.4, 0.5) is 5.69 Å². The predicted octanol–water partition coefficient (Wildman–Crippen LogP) is 4.29. The summed E-state index contributed by atoms with van der Waals surface area (Å²) in [6, 6.07) is 13.4. The summed E-state index contributed by atoms with van der Waals surface area (Å²) in [5.41, 5.74) is 4.53. The minimum absolute atomic E-state index is 0.114. The Morgan fingerprint density at radius 3 is 2.60 bits per heavy atom. The number of benzene rings is 2. The Morgan fingerprint density at radius 2 is 1.84 bits per heavy atom. The van der Waals surface area contributed by atoms with E-state index in [0.29, 0.717) is 17.6 Å². The zero-order valence-electron chi connectivity index (χ0n) is 14.7. The van der Waals surface area contributed by atoms with Gasteiger partial charge in [-0.1, -0.05) is 30.3 Å². The number of hydrogen-bond acceptors (Lipinski definition) is 3. The highest BCUT2D eigenvalue weighted by molar-refractivity contribution is 5.91. The molecule has 0 saturated heterocycles. The first-order valence-electron chi connectivity index (χ1n) is 8.34. The molecule has 0 spiro atoms. The second-order valence-electron chi connectivity index (χ2n) is 6.36. The van der Waals surface area contributed by atoms with Crippen LogP contribution < -0.4 is 10.9 Å². The first-order chi connectivity index (χ1) is 12.0. The number of hydrogen-bond donors (Lipinski definition) is 1. The summed E-state index contributed by atoms with van der Waals surface area (Å²) < 4.78 is 5.44. The van der Waals surface area contributed by atoms with Gasteiger partial charge in [-0.15, -0.1) is 0 Å². The van der Waals surface area contributed by atoms with Crippen molar-refractivity contribution in [2.75, 3.05) is 5.32 Å². The molecule has 0 atom stereocenters. The third-order valence-corrected chi connectivity index (χ3v) is 4.46. The fourth-order valence-corrected chi connectivity index (χ4v) is 2.95. The zero-order valence-corrected chi connectivity index (χ0v) is 14.7. The largest absolute Gasteiger partial charge is 0.423 e. The van der Waals surface area contributed by atoms with Crippen molar-refractivity contribution >= 4 is 22.6 Å². The van der Waals surface area contributed by atoms with Gasteiger partial charge in [0.15, 0.2) is 0 Å². The minimum atomic E-state index is -0.362. The smallest absolute Gasteiger partial charge is 0.339 e. The number of rotatable bonds is 4. The van der Waals surface area contributed by atoms with Gasteiger partial charge in [-0.05, 0) is 56.0 Å². The van der Waals surface area contributed by atoms with E-state index < -0.39 is 0 Å². The topological polar surface area (TPSA) is 59.3 Å². The molecular weight excluding hydrogens is 314 g/mol. The van der Waals surface area contributed by atoms with E-state index in [9.17, 15) is 9.59 Å². The molecule has 0 saturated carbocycles. The summed E-state index contributed by atoms with van der Waals surface area (Å²) in [7, 11) is 0. The van der Waals surface area contributed by atoms with Gasteiger partial charge in [0, 0.05) is 23.1 Å². The van der Waals surface area contributed by atoms with Gasteiger partial charge < -0.3 is 9.73 Å². The molecule has 0 aliphatic heterocycles. The number of aryl methyl sites for hydroxylation is 3. The summed E-state index contributed by atoms with van der Waals surface area (Å²) in [5.74, 6) is -0.114. The fraction of sp³-hybridized carbons (Fsp3) is 0.238. The predicted molar refractivity (Wildman–Crippen MR) is 100 cm³/mol. The Hall–Kier alpha value is -2.88. The van der Waals surface area contributed by atoms with Crippen molar-refractivity contribution < 1.29 is 9.21 Å². The molecule has 4 heteroatoms. The monoisotopic (exact) mass is 335 g/mol. The second kappa shape index (κ2) is 6.93. The van der Waals surface area contributed by atoms with E-state index in [1.54, 1.807) is 0 Å². The van der Waals surface area contributed by atoms with E-state index in [1.807, 2.05) is 63.2 Å². The van der Waals surface area contributed by atoms with E-state index in [1.165, 1.54) is 0 Å². The average Bonchev–Trinajstić information content (AvgIpc) is 2.56. The second-order valence-corrected chi connectivity index (χ2v) is 6.36. The number of fused-ring (bicyclic) bond motifs is 1. The van der Waals surface area contributed by atoms with E-state index in [0.717, 1.165) is 27.8 Å². The van der Waals surface area contributed by atoms with Crippen LogP contribution >= 0.6 is 0 Å². The van der Waals surface area contributed by atoms with E-state index in [2.05, 4.69) is 5.32 Å². The number of para-hydroxylation sites is 1. The molecule has 1 N–H and O–H groups in total. The Labute approximate surface area is 146 Å². The number of nitrogens with one attached hydrogen (secondary N) is 1. The standard InChI is InChI=1S/C21H21NO3/c1-13-8-9-16-15(3)17(21(24)25-19(16)12-13)10-11-20(23)22-18-7-5-4-6-14(18)2/h4-9,12H,10-11H2,1-3H3,(H,22,23). The van der Waals surface area contributed by atoms with Crippen LogP contribution in [-0.4, -0.2) is 5.91 Å². The van der Waals surface area contributed by atoms with Gasteiger partial charge in [-0.2, -0.15) is 0 Å². The van der Waals surface area contributed by atoms with Crippen LogP contribution in [0.5, 0.6) is 0 Å². The van der Waals surface area contributed by atoms with Gasteiger partial charge >= 0.3 is 5.63 Å². The average molecular weight is 335 g/mol. The van der Waals surface area contributed by atoms with E-state index >= 15 is 0 Å². The molecule has 3 rings (SSSR count). The van der Waals surface area contributed by atoms with Crippen LogP contribution in [0.1, 0.15) is 28.7 Å². The van der Waals surface area contributed by atoms with E-state index in [4.69, 9.17) is 4.42 Å². The summed E-state index contributed by atoms with van der Waals surface area (Å²) >= 11 is 0. The molecule has 25 heavy (non-hydrogen) atoms. The Balaban J connectivity index is 1.79. The van der Waals surface area contributed by atoms with Crippen molar-refractivity contribution in [3.05, 3.63) is 75.1 Å². The third kappa shape index (κ3) is 3.63. The summed E-state index contributed by atoms with van der Waals surface area (Å²) in [4.78, 5) is 24.5. The Bertz CT molecular complexity index is 1000. The SMILES string of the molecule is Cc1ccc2c(C)c(CCC(=O)Nc3ccccc3C)c(=O)oc2c1. The number of carbonyl (C=O) groups excluding carboxylic acids is 1. The van der Waals surface area contributed by atoms with Crippen molar-refractivity contribution in [1.82, 2.24) is 0 Å². The molecule has 0 aliphatic carbocycles. The molecule has 2 aromatic carbocycles. The maximum absolute atomic E-state index is 12.3. The molecular formula is C21H21NO3. The summed E-state index contributed by atoms with van der Waals surface area (Å²) in [6.45, 7) is 5.81.